The van der Waals surface area contributed by atoms with Gasteiger partial charge in [0.15, 0.2) is 5.17 Å². The van der Waals surface area contributed by atoms with Crippen molar-refractivity contribution in [2.45, 2.75) is 11.7 Å². The molecule has 1 heterocycles. The quantitative estimate of drug-likeness (QED) is 0.767. The maximum atomic E-state index is 11.9. The van der Waals surface area contributed by atoms with Crippen LogP contribution in [0.2, 0.25) is 0 Å². The molecule has 21 heavy (non-hydrogen) atoms. The predicted octanol–water partition coefficient (Wildman–Crippen LogP) is 0.931. The second-order valence-electron chi connectivity index (χ2n) is 4.26. The molecule has 0 radical (unpaired) electrons. The van der Waals surface area contributed by atoms with Crippen LogP contribution < -0.4 is 10.6 Å². The van der Waals surface area contributed by atoms with Crippen LogP contribution in [0.3, 0.4) is 0 Å². The Morgan fingerprint density at radius 2 is 2.05 bits per heavy atom. The third kappa shape index (κ3) is 3.82. The largest absolute Gasteiger partial charge is 0.478 e. The molecule has 110 valence electrons. The first-order valence-corrected chi connectivity index (χ1v) is 6.95. The van der Waals surface area contributed by atoms with Crippen LogP contribution in [0, 0.1) is 0 Å². The van der Waals surface area contributed by atoms with E-state index in [4.69, 9.17) is 5.11 Å². The first-order chi connectivity index (χ1) is 9.99. The number of aromatic carboxylic acids is 1. The topological polar surface area (TPSA) is 108 Å². The molecule has 8 heteroatoms. The van der Waals surface area contributed by atoms with Gasteiger partial charge in [0.1, 0.15) is 5.25 Å². The second kappa shape index (κ2) is 6.40. The van der Waals surface area contributed by atoms with Crippen LogP contribution in [0.15, 0.2) is 29.3 Å². The number of thioether (sulfide) groups is 1. The lowest BCUT2D eigenvalue weighted by molar-refractivity contribution is -0.122. The maximum Gasteiger partial charge on any atom is 0.335 e. The van der Waals surface area contributed by atoms with Crippen molar-refractivity contribution < 1.29 is 19.5 Å². The number of carboxylic acid groups (broad SMARTS) is 1. The number of aliphatic imine (C=N–C) groups is 1. The van der Waals surface area contributed by atoms with E-state index in [0.29, 0.717) is 10.9 Å². The number of amides is 2. The van der Waals surface area contributed by atoms with Crippen molar-refractivity contribution in [1.29, 1.82) is 0 Å². The fourth-order valence-corrected chi connectivity index (χ4v) is 2.66. The van der Waals surface area contributed by atoms with Gasteiger partial charge in [0.2, 0.25) is 11.8 Å². The molecule has 0 aromatic heterocycles. The number of nitrogens with one attached hydrogen (secondary N) is 2. The zero-order valence-corrected chi connectivity index (χ0v) is 11.9. The van der Waals surface area contributed by atoms with Gasteiger partial charge in [-0.05, 0) is 24.3 Å². The van der Waals surface area contributed by atoms with Crippen LogP contribution in [0.1, 0.15) is 16.8 Å². The highest BCUT2D eigenvalue weighted by atomic mass is 32.2. The van der Waals surface area contributed by atoms with Gasteiger partial charge in [-0.3, -0.25) is 14.6 Å². The molecule has 3 N–H and O–H groups in total. The lowest BCUT2D eigenvalue weighted by Gasteiger charge is -2.07. The minimum Gasteiger partial charge on any atom is -0.478 e. The molecule has 7 nitrogen and oxygen atoms in total. The fraction of sp³-hybridized carbons (Fsp3) is 0.231. The summed E-state index contributed by atoms with van der Waals surface area (Å²) in [5, 5.41) is 14.0. The zero-order valence-electron chi connectivity index (χ0n) is 11.1. The minimum atomic E-state index is -1.03. The molecule has 0 saturated carbocycles. The van der Waals surface area contributed by atoms with E-state index < -0.39 is 11.2 Å². The zero-order chi connectivity index (χ0) is 15.4. The van der Waals surface area contributed by atoms with Crippen molar-refractivity contribution in [2.75, 3.05) is 12.4 Å². The van der Waals surface area contributed by atoms with Crippen LogP contribution in [0.5, 0.6) is 0 Å². The number of hydrogen-bond acceptors (Lipinski definition) is 5. The molecule has 1 aliphatic heterocycles. The van der Waals surface area contributed by atoms with Crippen LogP contribution in [-0.4, -0.2) is 40.4 Å². The number of carbonyl (C=O) groups excluding carboxylic acids is 2. The number of amidine groups is 1. The Balaban J connectivity index is 1.93. The molecule has 1 atom stereocenters. The molecule has 1 fully saturated rings. The molecular weight excluding hydrogens is 294 g/mol. The third-order valence-corrected chi connectivity index (χ3v) is 3.94. The summed E-state index contributed by atoms with van der Waals surface area (Å²) in [6.07, 6.45) is 0.0240. The van der Waals surface area contributed by atoms with Gasteiger partial charge in [0, 0.05) is 19.2 Å². The molecule has 0 bridgehead atoms. The highest BCUT2D eigenvalue weighted by molar-refractivity contribution is 8.15. The summed E-state index contributed by atoms with van der Waals surface area (Å²) in [5.74, 6) is -1.58. The number of anilines is 1. The van der Waals surface area contributed by atoms with Crippen LogP contribution in [0.4, 0.5) is 5.69 Å². The molecule has 0 aliphatic carbocycles. The summed E-state index contributed by atoms with van der Waals surface area (Å²) in [6.45, 7) is 0. The number of hydrogen-bond donors (Lipinski definition) is 3. The normalized spacial score (nSPS) is 19.4. The van der Waals surface area contributed by atoms with Gasteiger partial charge in [-0.2, -0.15) is 0 Å². The monoisotopic (exact) mass is 307 g/mol. The Kier molecular flexibility index (Phi) is 4.59. The second-order valence-corrected chi connectivity index (χ2v) is 5.45. The van der Waals surface area contributed by atoms with Gasteiger partial charge >= 0.3 is 5.97 Å². The van der Waals surface area contributed by atoms with Gasteiger partial charge in [-0.1, -0.05) is 11.8 Å². The highest BCUT2D eigenvalue weighted by Gasteiger charge is 2.31. The molecule has 2 rings (SSSR count). The Bertz CT molecular complexity index is 612. The van der Waals surface area contributed by atoms with Crippen molar-refractivity contribution >= 4 is 40.4 Å². The number of rotatable bonds is 4. The van der Waals surface area contributed by atoms with Crippen LogP contribution in [-0.2, 0) is 9.59 Å². The lowest BCUT2D eigenvalue weighted by atomic mass is 10.2. The summed E-state index contributed by atoms with van der Waals surface area (Å²) in [6, 6.07) is 5.80. The van der Waals surface area contributed by atoms with E-state index in [-0.39, 0.29) is 23.8 Å². The van der Waals surface area contributed by atoms with Crippen molar-refractivity contribution in [2.24, 2.45) is 4.99 Å². The van der Waals surface area contributed by atoms with E-state index in [1.54, 1.807) is 7.05 Å². The van der Waals surface area contributed by atoms with E-state index in [0.717, 1.165) is 0 Å². The summed E-state index contributed by atoms with van der Waals surface area (Å²) >= 11 is 1.21. The smallest absolute Gasteiger partial charge is 0.335 e. The lowest BCUT2D eigenvalue weighted by Crippen LogP contribution is -2.28. The Hall–Kier alpha value is -2.35. The fourth-order valence-electron chi connectivity index (χ4n) is 1.72. The van der Waals surface area contributed by atoms with Gasteiger partial charge in [0.25, 0.3) is 0 Å². The molecule has 2 amide bonds. The van der Waals surface area contributed by atoms with Gasteiger partial charge in [-0.25, -0.2) is 4.79 Å². The van der Waals surface area contributed by atoms with Gasteiger partial charge in [-0.15, -0.1) is 0 Å². The number of carbonyl (C=O) groups is 3. The first-order valence-electron chi connectivity index (χ1n) is 6.07. The van der Waals surface area contributed by atoms with Crippen molar-refractivity contribution in [3.8, 4) is 0 Å². The van der Waals surface area contributed by atoms with Crippen molar-refractivity contribution in [3.63, 3.8) is 0 Å². The SMILES string of the molecule is CN=C1NC(=O)[C@H](CC(=O)Nc2ccc(C(=O)O)cc2)S1. The van der Waals surface area contributed by atoms with E-state index in [2.05, 4.69) is 15.6 Å². The number of carboxylic acids is 1. The summed E-state index contributed by atoms with van der Waals surface area (Å²) in [4.78, 5) is 38.0. The predicted molar refractivity (Wildman–Crippen MR) is 79.5 cm³/mol. The summed E-state index contributed by atoms with van der Waals surface area (Å²) in [5.41, 5.74) is 0.625. The first kappa shape index (κ1) is 15.0. The van der Waals surface area contributed by atoms with E-state index in [1.807, 2.05) is 0 Å². The molecule has 1 aromatic rings. The molecule has 0 unspecified atom stereocenters. The van der Waals surface area contributed by atoms with E-state index in [1.165, 1.54) is 36.0 Å². The van der Waals surface area contributed by atoms with Crippen molar-refractivity contribution in [3.05, 3.63) is 29.8 Å². The average Bonchev–Trinajstić information content (AvgIpc) is 2.80. The minimum absolute atomic E-state index is 0.0240. The Morgan fingerprint density at radius 1 is 1.38 bits per heavy atom. The third-order valence-electron chi connectivity index (χ3n) is 2.77. The molecule has 0 spiro atoms. The van der Waals surface area contributed by atoms with Crippen LogP contribution >= 0.6 is 11.8 Å². The highest BCUT2D eigenvalue weighted by Crippen LogP contribution is 2.22. The summed E-state index contributed by atoms with van der Waals surface area (Å²) < 4.78 is 0. The maximum absolute atomic E-state index is 11.9. The van der Waals surface area contributed by atoms with Gasteiger partial charge in [0.05, 0.1) is 5.56 Å². The van der Waals surface area contributed by atoms with E-state index >= 15 is 0 Å². The molecule has 1 aliphatic rings. The average molecular weight is 307 g/mol. The molecule has 1 saturated heterocycles. The van der Waals surface area contributed by atoms with Gasteiger partial charge < -0.3 is 15.7 Å². The molecular formula is C13H13N3O4S. The number of benzene rings is 1. The summed E-state index contributed by atoms with van der Waals surface area (Å²) in [7, 11) is 1.56. The molecule has 1 aromatic carbocycles. The Labute approximate surface area is 124 Å². The standard InChI is InChI=1S/C13H13N3O4S/c1-14-13-16-11(18)9(21-13)6-10(17)15-8-4-2-7(3-5-8)12(19)20/h2-5,9H,6H2,1H3,(H,15,17)(H,19,20)(H,14,16,18)/t9-/m0/s1. The Morgan fingerprint density at radius 3 is 2.57 bits per heavy atom. The number of nitrogens with zero attached hydrogens (tertiary/aromatic N) is 1. The van der Waals surface area contributed by atoms with Crippen LogP contribution in [0.25, 0.3) is 0 Å². The van der Waals surface area contributed by atoms with E-state index in [9.17, 15) is 14.4 Å². The van der Waals surface area contributed by atoms with Crippen molar-refractivity contribution in [1.82, 2.24) is 5.32 Å².